The highest BCUT2D eigenvalue weighted by Crippen LogP contribution is 2.47. The third kappa shape index (κ3) is 4.04. The van der Waals surface area contributed by atoms with Gasteiger partial charge in [0.05, 0.1) is 29.8 Å². The molecule has 7 rings (SSSR count). The minimum absolute atomic E-state index is 0.0798. The van der Waals surface area contributed by atoms with Gasteiger partial charge in [-0.05, 0) is 69.8 Å². The van der Waals surface area contributed by atoms with Gasteiger partial charge in [0.15, 0.2) is 0 Å². The summed E-state index contributed by atoms with van der Waals surface area (Å²) in [6.07, 6.45) is 3.74. The van der Waals surface area contributed by atoms with Gasteiger partial charge in [-0.25, -0.2) is 4.98 Å². The van der Waals surface area contributed by atoms with E-state index >= 15 is 0 Å². The van der Waals surface area contributed by atoms with Gasteiger partial charge in [0.2, 0.25) is 0 Å². The first-order valence-corrected chi connectivity index (χ1v) is 14.1. The summed E-state index contributed by atoms with van der Waals surface area (Å²) in [6.45, 7) is 0. The molecule has 6 aromatic rings. The van der Waals surface area contributed by atoms with Crippen molar-refractivity contribution in [2.45, 2.75) is 11.6 Å². The number of hydrogen-bond donors (Lipinski definition) is 1. The monoisotopic (exact) mass is 576 g/mol. The van der Waals surface area contributed by atoms with Crippen LogP contribution in [-0.4, -0.2) is 14.1 Å². The van der Waals surface area contributed by atoms with Crippen molar-refractivity contribution in [3.05, 3.63) is 158 Å². The molecule has 1 N–H and O–H groups in total. The second kappa shape index (κ2) is 9.74. The molecule has 0 spiro atoms. The highest BCUT2D eigenvalue weighted by atomic mass is 35.5. The molecule has 202 valence electrons. The van der Waals surface area contributed by atoms with Crippen LogP contribution >= 0.6 is 23.2 Å². The van der Waals surface area contributed by atoms with Gasteiger partial charge in [0, 0.05) is 35.6 Å². The molecule has 0 radical (unpaired) electrons. The minimum atomic E-state index is -0.766. The Bertz CT molecular complexity index is 2010. The van der Waals surface area contributed by atoms with Crippen LogP contribution in [0.15, 0.2) is 114 Å². The molecule has 1 aliphatic heterocycles. The number of rotatable bonds is 4. The summed E-state index contributed by atoms with van der Waals surface area (Å²) in [6, 6.07) is 32.1. The summed E-state index contributed by atoms with van der Waals surface area (Å²) in [5, 5.41) is 6.30. The van der Waals surface area contributed by atoms with Crippen molar-refractivity contribution in [1.29, 1.82) is 0 Å². The van der Waals surface area contributed by atoms with E-state index in [0.29, 0.717) is 10.0 Å². The molecular weight excluding hydrogens is 551 g/mol. The van der Waals surface area contributed by atoms with E-state index in [-0.39, 0.29) is 11.6 Å². The topological polar surface area (TPSA) is 51.9 Å². The molecule has 3 heterocycles. The van der Waals surface area contributed by atoms with Crippen molar-refractivity contribution < 1.29 is 0 Å². The van der Waals surface area contributed by atoms with Gasteiger partial charge >= 0.3 is 0 Å². The molecule has 0 saturated heterocycles. The van der Waals surface area contributed by atoms with Crippen LogP contribution in [0.5, 0.6) is 0 Å². The molecule has 0 unspecified atom stereocenters. The highest BCUT2D eigenvalue weighted by molar-refractivity contribution is 6.31. The molecular formula is C34H26Cl2N4O. The van der Waals surface area contributed by atoms with Crippen molar-refractivity contribution in [2.24, 2.45) is 14.1 Å². The fraction of sp³-hybridized carbons (Fsp3) is 0.118. The minimum Gasteiger partial charge on any atom is -0.335 e. The van der Waals surface area contributed by atoms with Crippen molar-refractivity contribution in [3.63, 3.8) is 0 Å². The SMILES string of the molecule is Cn1cncc1[C@]1(c2ccc3c(c2)c(-c2cccc(Cl)c2)cc(=O)n3C)N[C@@H](c2ccccc2)c2cc1ccc2Cl. The number of benzene rings is 4. The van der Waals surface area contributed by atoms with E-state index in [2.05, 4.69) is 51.3 Å². The third-order valence-electron chi connectivity index (χ3n) is 8.25. The Kier molecular flexibility index (Phi) is 6.12. The summed E-state index contributed by atoms with van der Waals surface area (Å²) < 4.78 is 3.74. The molecule has 0 aliphatic carbocycles. The first-order chi connectivity index (χ1) is 19.9. The second-order valence-corrected chi connectivity index (χ2v) is 11.4. The second-order valence-electron chi connectivity index (χ2n) is 10.6. The van der Waals surface area contributed by atoms with Gasteiger partial charge in [-0.1, -0.05) is 77.8 Å². The fourth-order valence-electron chi connectivity index (χ4n) is 6.21. The lowest BCUT2D eigenvalue weighted by molar-refractivity contribution is 0.397. The van der Waals surface area contributed by atoms with Gasteiger partial charge in [0.25, 0.3) is 5.56 Å². The van der Waals surface area contributed by atoms with E-state index in [1.807, 2.05) is 74.2 Å². The number of fused-ring (bicyclic) bond motifs is 3. The van der Waals surface area contributed by atoms with Crippen LogP contribution in [0.4, 0.5) is 0 Å². The average molecular weight is 578 g/mol. The maximum Gasteiger partial charge on any atom is 0.251 e. The van der Waals surface area contributed by atoms with Crippen LogP contribution < -0.4 is 10.9 Å². The number of hydrogen-bond acceptors (Lipinski definition) is 3. The van der Waals surface area contributed by atoms with Crippen LogP contribution in [0.3, 0.4) is 0 Å². The third-order valence-corrected chi connectivity index (χ3v) is 8.83. The van der Waals surface area contributed by atoms with Crippen LogP contribution in [0.25, 0.3) is 22.0 Å². The number of aryl methyl sites for hydroxylation is 2. The Labute approximate surface area is 247 Å². The largest absolute Gasteiger partial charge is 0.335 e. The van der Waals surface area contributed by atoms with Gasteiger partial charge in [-0.15, -0.1) is 0 Å². The van der Waals surface area contributed by atoms with Crippen LogP contribution in [0.2, 0.25) is 10.0 Å². The Balaban J connectivity index is 1.56. The number of nitrogens with one attached hydrogen (secondary N) is 1. The molecule has 2 aromatic heterocycles. The Morgan fingerprint density at radius 1 is 0.854 bits per heavy atom. The van der Waals surface area contributed by atoms with E-state index in [4.69, 9.17) is 23.2 Å². The molecule has 0 saturated carbocycles. The quantitative estimate of drug-likeness (QED) is 0.241. The predicted molar refractivity (Wildman–Crippen MR) is 166 cm³/mol. The lowest BCUT2D eigenvalue weighted by Gasteiger charge is -2.44. The van der Waals surface area contributed by atoms with Gasteiger partial charge in [0.1, 0.15) is 5.54 Å². The molecule has 1 aliphatic rings. The normalized spacial score (nSPS) is 18.1. The summed E-state index contributed by atoms with van der Waals surface area (Å²) in [7, 11) is 3.82. The molecule has 2 atom stereocenters. The van der Waals surface area contributed by atoms with Crippen molar-refractivity contribution in [2.75, 3.05) is 0 Å². The first kappa shape index (κ1) is 25.8. The summed E-state index contributed by atoms with van der Waals surface area (Å²) in [4.78, 5) is 17.6. The maximum atomic E-state index is 13.0. The van der Waals surface area contributed by atoms with Gasteiger partial charge in [-0.2, -0.15) is 0 Å². The van der Waals surface area contributed by atoms with Crippen molar-refractivity contribution in [3.8, 4) is 11.1 Å². The molecule has 0 amide bonds. The van der Waals surface area contributed by atoms with E-state index in [1.54, 1.807) is 17.7 Å². The lowest BCUT2D eigenvalue weighted by Crippen LogP contribution is -2.50. The van der Waals surface area contributed by atoms with E-state index in [1.165, 1.54) is 0 Å². The van der Waals surface area contributed by atoms with Crippen LogP contribution in [0, 0.1) is 0 Å². The van der Waals surface area contributed by atoms with E-state index < -0.39 is 5.54 Å². The number of nitrogens with zero attached hydrogens (tertiary/aromatic N) is 3. The smallest absolute Gasteiger partial charge is 0.251 e. The molecule has 2 bridgehead atoms. The predicted octanol–water partition coefficient (Wildman–Crippen LogP) is 7.23. The Morgan fingerprint density at radius 3 is 2.39 bits per heavy atom. The molecule has 41 heavy (non-hydrogen) atoms. The summed E-state index contributed by atoms with van der Waals surface area (Å²) in [5.74, 6) is 0. The summed E-state index contributed by atoms with van der Waals surface area (Å²) >= 11 is 13.2. The van der Waals surface area contributed by atoms with Gasteiger partial charge < -0.3 is 9.13 Å². The zero-order valence-corrected chi connectivity index (χ0v) is 24.0. The molecule has 4 aromatic carbocycles. The van der Waals surface area contributed by atoms with Crippen LogP contribution in [0.1, 0.15) is 34.0 Å². The summed E-state index contributed by atoms with van der Waals surface area (Å²) in [5.41, 5.74) is 6.91. The highest BCUT2D eigenvalue weighted by Gasteiger charge is 2.45. The van der Waals surface area contributed by atoms with E-state index in [9.17, 15) is 4.79 Å². The molecule has 5 nitrogen and oxygen atoms in total. The average Bonchev–Trinajstić information content (AvgIpc) is 3.43. The lowest BCUT2D eigenvalue weighted by atomic mass is 9.74. The zero-order chi connectivity index (χ0) is 28.3. The molecule has 7 heteroatoms. The van der Waals surface area contributed by atoms with Gasteiger partial charge in [-0.3, -0.25) is 10.1 Å². The zero-order valence-electron chi connectivity index (χ0n) is 22.5. The Morgan fingerprint density at radius 2 is 1.63 bits per heavy atom. The maximum absolute atomic E-state index is 13.0. The Hall–Kier alpha value is -4.16. The standard InChI is InChI=1S/C34H26Cl2N4O/c1-39-20-37-19-31(39)34(23-11-13-29(36)28(17-23)33(38-34)21-7-4-3-5-8-21)24-12-14-30-27(16-24)26(18-32(41)40(30)2)22-9-6-10-25(35)15-22/h3-20,33,38H,1-2H3/t33-,34-/m0/s1. The van der Waals surface area contributed by atoms with Crippen molar-refractivity contribution in [1.82, 2.24) is 19.4 Å². The number of halogens is 2. The first-order valence-electron chi connectivity index (χ1n) is 13.4. The fourth-order valence-corrected chi connectivity index (χ4v) is 6.63. The van der Waals surface area contributed by atoms with E-state index in [0.717, 1.165) is 50.0 Å². The molecule has 0 fully saturated rings. The number of aromatic nitrogens is 3. The van der Waals surface area contributed by atoms with Crippen molar-refractivity contribution >= 4 is 34.1 Å². The number of pyridine rings is 1. The number of imidazole rings is 1. The van der Waals surface area contributed by atoms with Crippen LogP contribution in [-0.2, 0) is 19.6 Å².